The summed E-state index contributed by atoms with van der Waals surface area (Å²) in [6.07, 6.45) is 0.303. The van der Waals surface area contributed by atoms with Crippen LogP contribution in [0.1, 0.15) is 25.8 Å². The van der Waals surface area contributed by atoms with E-state index in [0.717, 1.165) is 12.0 Å². The van der Waals surface area contributed by atoms with Crippen LogP contribution in [0.2, 0.25) is 0 Å². The Morgan fingerprint density at radius 3 is 2.59 bits per heavy atom. The van der Waals surface area contributed by atoms with E-state index in [9.17, 15) is 9.90 Å². The summed E-state index contributed by atoms with van der Waals surface area (Å²) in [6.45, 7) is 4.76. The first-order chi connectivity index (χ1) is 10.4. The highest BCUT2D eigenvalue weighted by molar-refractivity contribution is 5.67. The molecule has 1 aromatic carbocycles. The first kappa shape index (κ1) is 16.8. The van der Waals surface area contributed by atoms with E-state index in [1.807, 2.05) is 30.3 Å². The number of aliphatic hydroxyl groups is 1. The number of benzene rings is 1. The third-order valence-corrected chi connectivity index (χ3v) is 4.21. The van der Waals surface area contributed by atoms with Crippen LogP contribution in [0.5, 0.6) is 0 Å². The minimum absolute atomic E-state index is 0.0320. The summed E-state index contributed by atoms with van der Waals surface area (Å²) >= 11 is 0. The van der Waals surface area contributed by atoms with Crippen LogP contribution in [0.3, 0.4) is 0 Å². The number of piperidine rings is 1. The van der Waals surface area contributed by atoms with Gasteiger partial charge in [-0.05, 0) is 25.8 Å². The molecule has 0 radical (unpaired) electrons. The highest BCUT2D eigenvalue weighted by Gasteiger charge is 2.37. The molecule has 1 aliphatic heterocycles. The van der Waals surface area contributed by atoms with Crippen molar-refractivity contribution in [2.24, 2.45) is 5.92 Å². The lowest BCUT2D eigenvalue weighted by molar-refractivity contribution is -0.0629. The summed E-state index contributed by atoms with van der Waals surface area (Å²) < 4.78 is 10.8. The molecule has 1 aliphatic rings. The normalized spacial score (nSPS) is 22.5. The van der Waals surface area contributed by atoms with Crippen LogP contribution < -0.4 is 0 Å². The number of nitrogens with zero attached hydrogens (tertiary/aromatic N) is 1. The third-order valence-electron chi connectivity index (χ3n) is 4.21. The fraction of sp³-hybridized carbons (Fsp3) is 0.588. The Labute approximate surface area is 131 Å². The predicted molar refractivity (Wildman–Crippen MR) is 83.4 cm³/mol. The van der Waals surface area contributed by atoms with Crippen LogP contribution in [-0.2, 0) is 16.1 Å². The lowest BCUT2D eigenvalue weighted by atomic mass is 9.83. The summed E-state index contributed by atoms with van der Waals surface area (Å²) in [5.74, 6) is -0.0320. The lowest BCUT2D eigenvalue weighted by Crippen LogP contribution is -2.52. The summed E-state index contributed by atoms with van der Waals surface area (Å²) in [6, 6.07) is 9.58. The maximum atomic E-state index is 12.3. The molecule has 1 fully saturated rings. The van der Waals surface area contributed by atoms with Crippen molar-refractivity contribution in [3.05, 3.63) is 35.9 Å². The van der Waals surface area contributed by atoms with Crippen LogP contribution in [0.15, 0.2) is 30.3 Å². The molecule has 0 bridgehead atoms. The van der Waals surface area contributed by atoms with Crippen molar-refractivity contribution in [1.82, 2.24) is 4.90 Å². The van der Waals surface area contributed by atoms with Crippen molar-refractivity contribution in [3.63, 3.8) is 0 Å². The van der Waals surface area contributed by atoms with Gasteiger partial charge in [0, 0.05) is 19.6 Å². The van der Waals surface area contributed by atoms with Gasteiger partial charge < -0.3 is 19.5 Å². The second kappa shape index (κ2) is 7.11. The van der Waals surface area contributed by atoms with Gasteiger partial charge in [-0.25, -0.2) is 4.79 Å². The Kier molecular flexibility index (Phi) is 5.42. The van der Waals surface area contributed by atoms with Gasteiger partial charge in [0.15, 0.2) is 0 Å². The number of hydrogen-bond acceptors (Lipinski definition) is 4. The van der Waals surface area contributed by atoms with Gasteiger partial charge >= 0.3 is 6.09 Å². The molecule has 2 atom stereocenters. The van der Waals surface area contributed by atoms with E-state index in [4.69, 9.17) is 9.47 Å². The molecule has 0 saturated carbocycles. The molecule has 22 heavy (non-hydrogen) atoms. The van der Waals surface area contributed by atoms with Crippen LogP contribution in [0.4, 0.5) is 4.79 Å². The number of methoxy groups -OCH3 is 1. The Hall–Kier alpha value is -1.59. The molecule has 1 amide bonds. The Morgan fingerprint density at radius 1 is 1.32 bits per heavy atom. The largest absolute Gasteiger partial charge is 0.445 e. The average Bonchev–Trinajstić information content (AvgIpc) is 2.52. The molecular weight excluding hydrogens is 282 g/mol. The Balaban J connectivity index is 1.95. The second-order valence-corrected chi connectivity index (χ2v) is 6.39. The van der Waals surface area contributed by atoms with Gasteiger partial charge in [0.25, 0.3) is 0 Å². The molecule has 1 saturated heterocycles. The maximum Gasteiger partial charge on any atom is 0.410 e. The van der Waals surface area contributed by atoms with Gasteiger partial charge in [-0.1, -0.05) is 30.3 Å². The van der Waals surface area contributed by atoms with Crippen molar-refractivity contribution in [2.75, 3.05) is 20.2 Å². The van der Waals surface area contributed by atoms with Crippen molar-refractivity contribution < 1.29 is 19.4 Å². The SMILES string of the molecule is CO[C@H]1C[C@@H](C(C)(C)O)CN(C(=O)OCc2ccccc2)C1. The summed E-state index contributed by atoms with van der Waals surface area (Å²) in [4.78, 5) is 13.9. The van der Waals surface area contributed by atoms with Gasteiger partial charge in [-0.3, -0.25) is 0 Å². The smallest absolute Gasteiger partial charge is 0.410 e. The van der Waals surface area contributed by atoms with Crippen molar-refractivity contribution in [2.45, 2.75) is 38.6 Å². The first-order valence-corrected chi connectivity index (χ1v) is 7.61. The van der Waals surface area contributed by atoms with Crippen LogP contribution in [0, 0.1) is 5.92 Å². The molecular formula is C17H25NO4. The molecule has 0 aromatic heterocycles. The monoisotopic (exact) mass is 307 g/mol. The molecule has 0 aliphatic carbocycles. The fourth-order valence-corrected chi connectivity index (χ4v) is 2.70. The van der Waals surface area contributed by atoms with Gasteiger partial charge in [0.05, 0.1) is 18.2 Å². The van der Waals surface area contributed by atoms with Crippen LogP contribution in [-0.4, -0.2) is 48.0 Å². The van der Waals surface area contributed by atoms with Crippen molar-refractivity contribution >= 4 is 6.09 Å². The standard InChI is InChI=1S/C17H25NO4/c1-17(2,20)14-9-15(21-3)11-18(10-14)16(19)22-12-13-7-5-4-6-8-13/h4-8,14-15,20H,9-12H2,1-3H3/t14-,15+/m1/s1. The highest BCUT2D eigenvalue weighted by atomic mass is 16.6. The molecule has 122 valence electrons. The van der Waals surface area contributed by atoms with Gasteiger partial charge in [0.2, 0.25) is 0 Å². The Bertz CT molecular complexity index is 483. The van der Waals surface area contributed by atoms with Crippen LogP contribution in [0.25, 0.3) is 0 Å². The molecule has 2 rings (SSSR count). The topological polar surface area (TPSA) is 59.0 Å². The van der Waals surface area contributed by atoms with E-state index in [0.29, 0.717) is 13.1 Å². The maximum absolute atomic E-state index is 12.3. The van der Waals surface area contributed by atoms with E-state index in [-0.39, 0.29) is 24.7 Å². The lowest BCUT2D eigenvalue weighted by Gasteiger charge is -2.41. The third kappa shape index (κ3) is 4.45. The second-order valence-electron chi connectivity index (χ2n) is 6.39. The number of carbonyl (C=O) groups excluding carboxylic acids is 1. The zero-order valence-corrected chi connectivity index (χ0v) is 13.5. The number of amides is 1. The molecule has 5 nitrogen and oxygen atoms in total. The quantitative estimate of drug-likeness (QED) is 0.928. The van der Waals surface area contributed by atoms with Gasteiger partial charge in [0.1, 0.15) is 6.61 Å². The Morgan fingerprint density at radius 2 is 2.00 bits per heavy atom. The fourth-order valence-electron chi connectivity index (χ4n) is 2.70. The number of carbonyl (C=O) groups is 1. The van der Waals surface area contributed by atoms with Gasteiger partial charge in [-0.2, -0.15) is 0 Å². The zero-order chi connectivity index (χ0) is 16.2. The minimum Gasteiger partial charge on any atom is -0.445 e. The molecule has 1 aromatic rings. The minimum atomic E-state index is -0.852. The molecule has 0 unspecified atom stereocenters. The highest BCUT2D eigenvalue weighted by Crippen LogP contribution is 2.28. The van der Waals surface area contributed by atoms with Crippen molar-refractivity contribution in [1.29, 1.82) is 0 Å². The molecule has 1 N–H and O–H groups in total. The number of rotatable bonds is 4. The summed E-state index contributed by atoms with van der Waals surface area (Å²) in [5.41, 5.74) is 0.102. The predicted octanol–water partition coefficient (Wildman–Crippen LogP) is 2.43. The van der Waals surface area contributed by atoms with E-state index in [1.54, 1.807) is 25.9 Å². The van der Waals surface area contributed by atoms with E-state index < -0.39 is 5.60 Å². The molecule has 5 heteroatoms. The number of likely N-dealkylation sites (tertiary alicyclic amines) is 1. The van der Waals surface area contributed by atoms with Gasteiger partial charge in [-0.15, -0.1) is 0 Å². The van der Waals surface area contributed by atoms with Crippen LogP contribution >= 0.6 is 0 Å². The molecule has 0 spiro atoms. The van der Waals surface area contributed by atoms with E-state index in [1.165, 1.54) is 0 Å². The van der Waals surface area contributed by atoms with E-state index >= 15 is 0 Å². The zero-order valence-electron chi connectivity index (χ0n) is 13.5. The average molecular weight is 307 g/mol. The first-order valence-electron chi connectivity index (χ1n) is 7.61. The summed E-state index contributed by atoms with van der Waals surface area (Å²) in [5, 5.41) is 10.2. The molecule has 1 heterocycles. The summed E-state index contributed by atoms with van der Waals surface area (Å²) in [7, 11) is 1.63. The van der Waals surface area contributed by atoms with Crippen molar-refractivity contribution in [3.8, 4) is 0 Å². The number of ether oxygens (including phenoxy) is 2. The number of hydrogen-bond donors (Lipinski definition) is 1. The van der Waals surface area contributed by atoms with E-state index in [2.05, 4.69) is 0 Å².